The SMILES string of the molecule is CC(C)CN(C(=O)c1ccccc1)N(CN1CCN(C2CCN(C)CC2)C(C(=O)O)C1)c1nc(C#N)ncc1Cl. The first kappa shape index (κ1) is 29.7. The minimum atomic E-state index is -0.860. The van der Waals surface area contributed by atoms with Crippen LogP contribution in [0, 0.1) is 17.2 Å². The molecular weight excluding hydrogens is 532 g/mol. The second kappa shape index (κ2) is 13.4. The molecule has 0 aliphatic carbocycles. The summed E-state index contributed by atoms with van der Waals surface area (Å²) in [6.45, 7) is 7.91. The van der Waals surface area contributed by atoms with E-state index in [1.165, 1.54) is 6.20 Å². The summed E-state index contributed by atoms with van der Waals surface area (Å²) >= 11 is 6.57. The Morgan fingerprint density at radius 2 is 1.88 bits per heavy atom. The Kier molecular flexibility index (Phi) is 9.92. The van der Waals surface area contributed by atoms with E-state index in [0.717, 1.165) is 25.9 Å². The molecule has 12 heteroatoms. The van der Waals surface area contributed by atoms with E-state index in [1.54, 1.807) is 34.3 Å². The maximum absolute atomic E-state index is 13.9. The van der Waals surface area contributed by atoms with Crippen molar-refractivity contribution in [3.05, 3.63) is 52.9 Å². The van der Waals surface area contributed by atoms with Crippen LogP contribution in [0.3, 0.4) is 0 Å². The molecule has 0 bridgehead atoms. The van der Waals surface area contributed by atoms with Crippen LogP contribution >= 0.6 is 11.6 Å². The highest BCUT2D eigenvalue weighted by Crippen LogP contribution is 2.28. The van der Waals surface area contributed by atoms with Gasteiger partial charge in [0.05, 0.1) is 12.9 Å². The number of piperazine rings is 1. The number of benzene rings is 1. The number of rotatable bonds is 9. The van der Waals surface area contributed by atoms with Gasteiger partial charge in [-0.2, -0.15) is 10.2 Å². The van der Waals surface area contributed by atoms with Gasteiger partial charge in [0.1, 0.15) is 17.1 Å². The Balaban J connectivity index is 1.66. The Hall–Kier alpha value is -3.30. The number of hydrazine groups is 1. The van der Waals surface area contributed by atoms with E-state index in [2.05, 4.69) is 26.8 Å². The standard InChI is InChI=1S/C28H37ClN8O3/c1-20(2)17-36(27(38)21-7-5-4-6-8-21)37(26-23(29)16-31-25(15-30)32-26)19-34-13-14-35(24(18-34)28(39)40)22-9-11-33(3)12-10-22/h4-8,16,20,22,24H,9-14,17-19H2,1-3H3,(H,39,40). The van der Waals surface area contributed by atoms with Crippen LogP contribution in [0.25, 0.3) is 0 Å². The van der Waals surface area contributed by atoms with Gasteiger partial charge in [-0.1, -0.05) is 43.6 Å². The lowest BCUT2D eigenvalue weighted by atomic mass is 9.99. The van der Waals surface area contributed by atoms with E-state index < -0.39 is 12.0 Å². The van der Waals surface area contributed by atoms with E-state index in [0.29, 0.717) is 25.2 Å². The van der Waals surface area contributed by atoms with E-state index >= 15 is 0 Å². The minimum Gasteiger partial charge on any atom is -0.480 e. The number of nitrogens with zero attached hydrogens (tertiary/aromatic N) is 8. The van der Waals surface area contributed by atoms with Gasteiger partial charge < -0.3 is 10.0 Å². The van der Waals surface area contributed by atoms with E-state index in [1.807, 2.05) is 30.9 Å². The molecule has 3 heterocycles. The predicted octanol–water partition coefficient (Wildman–Crippen LogP) is 2.64. The third-order valence-electron chi connectivity index (χ3n) is 7.44. The van der Waals surface area contributed by atoms with Crippen LogP contribution in [0.15, 0.2) is 36.5 Å². The number of piperidine rings is 1. The monoisotopic (exact) mass is 568 g/mol. The van der Waals surface area contributed by atoms with Crippen molar-refractivity contribution in [3.8, 4) is 6.07 Å². The Morgan fingerprint density at radius 1 is 1.18 bits per heavy atom. The molecule has 1 amide bonds. The topological polar surface area (TPSA) is 120 Å². The van der Waals surface area contributed by atoms with Crippen LogP contribution in [0.5, 0.6) is 0 Å². The number of carbonyl (C=O) groups excluding carboxylic acids is 1. The van der Waals surface area contributed by atoms with Gasteiger partial charge in [0, 0.05) is 37.8 Å². The Morgan fingerprint density at radius 3 is 2.50 bits per heavy atom. The number of aliphatic carboxylic acids is 1. The quantitative estimate of drug-likeness (QED) is 0.452. The third-order valence-corrected chi connectivity index (χ3v) is 7.70. The van der Waals surface area contributed by atoms with Gasteiger partial charge >= 0.3 is 5.97 Å². The van der Waals surface area contributed by atoms with Crippen molar-refractivity contribution in [1.29, 1.82) is 5.26 Å². The van der Waals surface area contributed by atoms with Crippen LogP contribution in [0.2, 0.25) is 5.02 Å². The summed E-state index contributed by atoms with van der Waals surface area (Å²) < 4.78 is 0. The van der Waals surface area contributed by atoms with Gasteiger partial charge in [0.2, 0.25) is 5.82 Å². The molecule has 0 spiro atoms. The molecule has 0 saturated carbocycles. The molecule has 11 nitrogen and oxygen atoms in total. The molecule has 0 radical (unpaired) electrons. The van der Waals surface area contributed by atoms with Crippen LogP contribution in [0.1, 0.15) is 42.9 Å². The number of anilines is 1. The zero-order valence-corrected chi connectivity index (χ0v) is 24.0. The number of nitriles is 1. The number of hydrogen-bond acceptors (Lipinski definition) is 9. The molecule has 1 atom stereocenters. The van der Waals surface area contributed by atoms with Crippen molar-refractivity contribution in [3.63, 3.8) is 0 Å². The summed E-state index contributed by atoms with van der Waals surface area (Å²) in [6, 6.07) is 10.4. The minimum absolute atomic E-state index is 0.0726. The zero-order valence-electron chi connectivity index (χ0n) is 23.3. The predicted molar refractivity (Wildman–Crippen MR) is 152 cm³/mol. The lowest BCUT2D eigenvalue weighted by Gasteiger charge is -2.47. The third kappa shape index (κ3) is 7.06. The van der Waals surface area contributed by atoms with Gasteiger partial charge in [-0.25, -0.2) is 15.0 Å². The molecule has 40 heavy (non-hydrogen) atoms. The lowest BCUT2D eigenvalue weighted by molar-refractivity contribution is -0.148. The molecule has 2 fully saturated rings. The average Bonchev–Trinajstić information content (AvgIpc) is 2.95. The first-order chi connectivity index (χ1) is 19.2. The normalized spacial score (nSPS) is 19.4. The van der Waals surface area contributed by atoms with Crippen molar-refractivity contribution in [2.45, 2.75) is 38.8 Å². The summed E-state index contributed by atoms with van der Waals surface area (Å²) in [5.41, 5.74) is 0.495. The summed E-state index contributed by atoms with van der Waals surface area (Å²) in [4.78, 5) is 41.1. The number of carboxylic acid groups (broad SMARTS) is 1. The Labute approximate surface area is 240 Å². The summed E-state index contributed by atoms with van der Waals surface area (Å²) in [6.07, 6.45) is 3.23. The highest BCUT2D eigenvalue weighted by molar-refractivity contribution is 6.32. The fourth-order valence-corrected chi connectivity index (χ4v) is 5.56. The average molecular weight is 569 g/mol. The number of amides is 1. The maximum Gasteiger partial charge on any atom is 0.322 e. The van der Waals surface area contributed by atoms with Gasteiger partial charge in [0.15, 0.2) is 5.82 Å². The van der Waals surface area contributed by atoms with Crippen molar-refractivity contribution >= 4 is 29.3 Å². The van der Waals surface area contributed by atoms with Crippen molar-refractivity contribution in [1.82, 2.24) is 29.7 Å². The molecule has 1 aromatic carbocycles. The summed E-state index contributed by atoms with van der Waals surface area (Å²) in [5.74, 6) is -0.859. The van der Waals surface area contributed by atoms with E-state index in [4.69, 9.17) is 11.6 Å². The summed E-state index contributed by atoms with van der Waals surface area (Å²) in [7, 11) is 2.09. The fraction of sp³-hybridized carbons (Fsp3) is 0.536. The van der Waals surface area contributed by atoms with Crippen molar-refractivity contribution in [2.24, 2.45) is 5.92 Å². The molecule has 214 valence electrons. The van der Waals surface area contributed by atoms with Gasteiger partial charge in [0.25, 0.3) is 5.91 Å². The molecule has 2 aliphatic rings. The van der Waals surface area contributed by atoms with Crippen LogP contribution in [0.4, 0.5) is 5.82 Å². The van der Waals surface area contributed by atoms with Gasteiger partial charge in [-0.05, 0) is 51.0 Å². The van der Waals surface area contributed by atoms with E-state index in [-0.39, 0.29) is 47.7 Å². The highest BCUT2D eigenvalue weighted by atomic mass is 35.5. The smallest absolute Gasteiger partial charge is 0.322 e. The number of aromatic nitrogens is 2. The second-order valence-electron chi connectivity index (χ2n) is 10.9. The fourth-order valence-electron chi connectivity index (χ4n) is 5.37. The second-order valence-corrected chi connectivity index (χ2v) is 11.3. The molecule has 1 unspecified atom stereocenters. The zero-order chi connectivity index (χ0) is 28.8. The first-order valence-electron chi connectivity index (χ1n) is 13.6. The molecule has 1 aromatic heterocycles. The highest BCUT2D eigenvalue weighted by Gasteiger charge is 2.39. The number of halogens is 1. The molecule has 2 aliphatic heterocycles. The van der Waals surface area contributed by atoms with Gasteiger partial charge in [-0.15, -0.1) is 0 Å². The number of carboxylic acids is 1. The molecular formula is C28H37ClN8O3. The van der Waals surface area contributed by atoms with Crippen LogP contribution in [-0.2, 0) is 4.79 Å². The van der Waals surface area contributed by atoms with Crippen LogP contribution in [-0.4, -0.2) is 112 Å². The number of carbonyl (C=O) groups is 2. The molecule has 1 N–H and O–H groups in total. The molecule has 2 aromatic rings. The molecule has 4 rings (SSSR count). The Bertz CT molecular complexity index is 1220. The first-order valence-corrected chi connectivity index (χ1v) is 14.0. The number of likely N-dealkylation sites (tertiary alicyclic amines) is 1. The van der Waals surface area contributed by atoms with E-state index in [9.17, 15) is 20.0 Å². The van der Waals surface area contributed by atoms with Gasteiger partial charge in [-0.3, -0.25) is 19.4 Å². The molecule has 2 saturated heterocycles. The summed E-state index contributed by atoms with van der Waals surface area (Å²) in [5, 5.41) is 23.1. The number of hydrogen-bond donors (Lipinski definition) is 1. The maximum atomic E-state index is 13.9. The van der Waals surface area contributed by atoms with Crippen molar-refractivity contribution in [2.75, 3.05) is 58.0 Å². The largest absolute Gasteiger partial charge is 0.480 e. The van der Waals surface area contributed by atoms with Crippen molar-refractivity contribution < 1.29 is 14.7 Å². The lowest BCUT2D eigenvalue weighted by Crippen LogP contribution is -2.63. The van der Waals surface area contributed by atoms with Crippen LogP contribution < -0.4 is 5.01 Å².